The summed E-state index contributed by atoms with van der Waals surface area (Å²) in [5.74, 6) is -0.214. The first-order valence-corrected chi connectivity index (χ1v) is 11.7. The average Bonchev–Trinajstić information content (AvgIpc) is 2.86. The number of anilines is 1. The van der Waals surface area contributed by atoms with Gasteiger partial charge in [0.1, 0.15) is 23.2 Å². The monoisotopic (exact) mass is 480 g/mol. The fourth-order valence-corrected chi connectivity index (χ4v) is 4.26. The van der Waals surface area contributed by atoms with Crippen LogP contribution in [0.4, 0.5) is 10.2 Å². The Morgan fingerprint density at radius 1 is 1.20 bits per heavy atom. The molecule has 1 aliphatic heterocycles. The number of halogens is 1. The van der Waals surface area contributed by atoms with E-state index >= 15 is 0 Å². The lowest BCUT2D eigenvalue weighted by atomic mass is 9.87. The van der Waals surface area contributed by atoms with Gasteiger partial charge in [-0.3, -0.25) is 9.59 Å². The minimum Gasteiger partial charge on any atom is -0.507 e. The second kappa shape index (κ2) is 11.1. The van der Waals surface area contributed by atoms with Crippen molar-refractivity contribution >= 4 is 11.7 Å². The summed E-state index contributed by atoms with van der Waals surface area (Å²) >= 11 is 0. The van der Waals surface area contributed by atoms with E-state index in [1.807, 2.05) is 11.8 Å². The molecule has 35 heavy (non-hydrogen) atoms. The summed E-state index contributed by atoms with van der Waals surface area (Å²) in [6.07, 6.45) is 0.586. The van der Waals surface area contributed by atoms with Crippen molar-refractivity contribution in [3.63, 3.8) is 0 Å². The van der Waals surface area contributed by atoms with Gasteiger partial charge < -0.3 is 25.0 Å². The Bertz CT molecular complexity index is 1210. The Kier molecular flexibility index (Phi) is 7.77. The third-order valence-electron chi connectivity index (χ3n) is 6.22. The van der Waals surface area contributed by atoms with Crippen molar-refractivity contribution < 1.29 is 19.0 Å². The number of aromatic hydroxyl groups is 1. The van der Waals surface area contributed by atoms with E-state index in [4.69, 9.17) is 9.72 Å². The molecule has 0 radical (unpaired) electrons. The number of benzene rings is 2. The van der Waals surface area contributed by atoms with Gasteiger partial charge in [0.05, 0.1) is 18.8 Å². The molecule has 0 saturated carbocycles. The predicted molar refractivity (Wildman–Crippen MR) is 130 cm³/mol. The first-order chi connectivity index (χ1) is 16.9. The molecule has 2 heterocycles. The predicted octanol–water partition coefficient (Wildman–Crippen LogP) is 2.84. The van der Waals surface area contributed by atoms with Gasteiger partial charge in [0.2, 0.25) is 0 Å². The van der Waals surface area contributed by atoms with Crippen molar-refractivity contribution in [2.24, 2.45) is 5.92 Å². The number of hydrogen-bond donors (Lipinski definition) is 3. The lowest BCUT2D eigenvalue weighted by Crippen LogP contribution is -2.38. The van der Waals surface area contributed by atoms with Crippen molar-refractivity contribution in [1.29, 1.82) is 0 Å². The van der Waals surface area contributed by atoms with Crippen molar-refractivity contribution in [2.45, 2.75) is 19.3 Å². The molecule has 0 spiro atoms. The van der Waals surface area contributed by atoms with E-state index in [9.17, 15) is 19.1 Å². The molecule has 4 rings (SSSR count). The molecule has 0 bridgehead atoms. The van der Waals surface area contributed by atoms with Gasteiger partial charge >= 0.3 is 0 Å². The molecule has 1 aliphatic rings. The zero-order valence-corrected chi connectivity index (χ0v) is 19.5. The second-order valence-electron chi connectivity index (χ2n) is 8.73. The summed E-state index contributed by atoms with van der Waals surface area (Å²) in [6, 6.07) is 14.1. The topological polar surface area (TPSA) is 108 Å². The fourth-order valence-electron chi connectivity index (χ4n) is 4.26. The molecule has 0 aliphatic carbocycles. The molecule has 9 heteroatoms. The van der Waals surface area contributed by atoms with Crippen LogP contribution >= 0.6 is 0 Å². The van der Waals surface area contributed by atoms with E-state index in [-0.39, 0.29) is 41.1 Å². The molecule has 3 aromatic rings. The summed E-state index contributed by atoms with van der Waals surface area (Å²) in [5, 5.41) is 12.9. The van der Waals surface area contributed by atoms with E-state index in [0.717, 1.165) is 5.56 Å². The molecule has 3 N–H and O–H groups in total. The Balaban J connectivity index is 1.60. The maximum atomic E-state index is 13.4. The van der Waals surface area contributed by atoms with Gasteiger partial charge in [-0.25, -0.2) is 9.37 Å². The maximum Gasteiger partial charge on any atom is 0.255 e. The van der Waals surface area contributed by atoms with Crippen molar-refractivity contribution in [2.75, 3.05) is 37.7 Å². The highest BCUT2D eigenvalue weighted by Gasteiger charge is 2.25. The summed E-state index contributed by atoms with van der Waals surface area (Å²) in [5.41, 5.74) is 0.825. The number of carbonyl (C=O) groups is 1. The Labute approximate surface area is 202 Å². The minimum atomic E-state index is -0.422. The highest BCUT2D eigenvalue weighted by atomic mass is 19.1. The van der Waals surface area contributed by atoms with Gasteiger partial charge in [0.15, 0.2) is 0 Å². The van der Waals surface area contributed by atoms with Crippen LogP contribution in [0.3, 0.4) is 0 Å². The lowest BCUT2D eigenvalue weighted by molar-refractivity contribution is 0.0945. The number of rotatable bonds is 8. The van der Waals surface area contributed by atoms with Crippen LogP contribution in [0.2, 0.25) is 0 Å². The normalized spacial score (nSPS) is 15.4. The van der Waals surface area contributed by atoms with Gasteiger partial charge in [-0.05, 0) is 42.2 Å². The number of nitrogens with zero attached hydrogens (tertiary/aromatic N) is 2. The number of phenols is 1. The largest absolute Gasteiger partial charge is 0.507 e. The molecular weight excluding hydrogens is 451 g/mol. The summed E-state index contributed by atoms with van der Waals surface area (Å²) < 4.78 is 18.8. The smallest absolute Gasteiger partial charge is 0.255 e. The van der Waals surface area contributed by atoms with Crippen LogP contribution in [-0.4, -0.2) is 53.8 Å². The van der Waals surface area contributed by atoms with Crippen molar-refractivity contribution in [3.05, 3.63) is 87.7 Å². The molecule has 1 saturated heterocycles. The van der Waals surface area contributed by atoms with Gasteiger partial charge in [0, 0.05) is 31.6 Å². The van der Waals surface area contributed by atoms with Crippen LogP contribution in [0.25, 0.3) is 0 Å². The average molecular weight is 481 g/mol. The Morgan fingerprint density at radius 2 is 1.91 bits per heavy atom. The van der Waals surface area contributed by atoms with Gasteiger partial charge in [-0.15, -0.1) is 0 Å². The quantitative estimate of drug-likeness (QED) is 0.458. The van der Waals surface area contributed by atoms with Gasteiger partial charge in [0.25, 0.3) is 11.5 Å². The zero-order chi connectivity index (χ0) is 24.8. The first-order valence-electron chi connectivity index (χ1n) is 11.7. The number of para-hydroxylation sites is 1. The summed E-state index contributed by atoms with van der Waals surface area (Å²) in [7, 11) is 0. The van der Waals surface area contributed by atoms with E-state index in [1.165, 1.54) is 24.3 Å². The van der Waals surface area contributed by atoms with Crippen LogP contribution < -0.4 is 15.8 Å². The Hall–Kier alpha value is -3.72. The lowest BCUT2D eigenvalue weighted by Gasteiger charge is -2.29. The molecule has 8 nitrogen and oxygen atoms in total. The third kappa shape index (κ3) is 6.24. The SMILES string of the molecule is CC(Cc1ccc(F)cc1)C(CNC(=O)c1ccccc1O)c1nc(N2CCOCC2)cc(=O)[nH]1. The molecular formula is C26H29FN4O4. The third-order valence-corrected chi connectivity index (χ3v) is 6.22. The zero-order valence-electron chi connectivity index (χ0n) is 19.5. The maximum absolute atomic E-state index is 13.4. The van der Waals surface area contributed by atoms with Crippen LogP contribution in [0.5, 0.6) is 5.75 Å². The molecule has 2 atom stereocenters. The van der Waals surface area contributed by atoms with Crippen LogP contribution in [0.1, 0.15) is 34.6 Å². The number of morpholine rings is 1. The van der Waals surface area contributed by atoms with E-state index in [0.29, 0.717) is 44.4 Å². The molecule has 2 unspecified atom stereocenters. The number of H-pyrrole nitrogens is 1. The van der Waals surface area contributed by atoms with E-state index in [2.05, 4.69) is 10.3 Å². The van der Waals surface area contributed by atoms with Crippen LogP contribution in [0, 0.1) is 11.7 Å². The van der Waals surface area contributed by atoms with E-state index in [1.54, 1.807) is 30.3 Å². The van der Waals surface area contributed by atoms with Crippen molar-refractivity contribution in [3.8, 4) is 5.75 Å². The first kappa shape index (κ1) is 24.4. The summed E-state index contributed by atoms with van der Waals surface area (Å²) in [4.78, 5) is 35.0. The molecule has 184 valence electrons. The molecule has 2 aromatic carbocycles. The Morgan fingerprint density at radius 3 is 2.63 bits per heavy atom. The van der Waals surface area contributed by atoms with E-state index < -0.39 is 5.91 Å². The molecule has 1 amide bonds. The molecule has 1 aromatic heterocycles. The number of amides is 1. The van der Waals surface area contributed by atoms with Gasteiger partial charge in [-0.2, -0.15) is 0 Å². The number of ether oxygens (including phenoxy) is 1. The van der Waals surface area contributed by atoms with Crippen LogP contribution in [0.15, 0.2) is 59.4 Å². The highest BCUT2D eigenvalue weighted by Crippen LogP contribution is 2.26. The fraction of sp³-hybridized carbons (Fsp3) is 0.346. The number of phenolic OH excluding ortho intramolecular Hbond substituents is 1. The standard InChI is InChI=1S/C26H29FN4O4/c1-17(14-18-6-8-19(27)9-7-18)21(16-28-26(34)20-4-2-3-5-22(20)32)25-29-23(15-24(33)30-25)31-10-12-35-13-11-31/h2-9,15,17,21,32H,10-14,16H2,1H3,(H,28,34)(H,29,30,33). The highest BCUT2D eigenvalue weighted by molar-refractivity contribution is 5.96. The van der Waals surface area contributed by atoms with Gasteiger partial charge in [-0.1, -0.05) is 31.2 Å². The number of aromatic amines is 1. The minimum absolute atomic E-state index is 0.0618. The van der Waals surface area contributed by atoms with Crippen molar-refractivity contribution in [1.82, 2.24) is 15.3 Å². The number of aromatic nitrogens is 2. The summed E-state index contributed by atoms with van der Waals surface area (Å²) in [6.45, 7) is 4.58. The number of nitrogens with one attached hydrogen (secondary N) is 2. The number of carbonyl (C=O) groups excluding carboxylic acids is 1. The van der Waals surface area contributed by atoms with Crippen LogP contribution in [-0.2, 0) is 11.2 Å². The molecule has 1 fully saturated rings. The second-order valence-corrected chi connectivity index (χ2v) is 8.73. The number of hydrogen-bond acceptors (Lipinski definition) is 6.